The molecule has 0 aliphatic rings. The van der Waals surface area contributed by atoms with Crippen molar-refractivity contribution in [1.82, 2.24) is 4.98 Å². The number of H-pyrrole nitrogens is 1. The van der Waals surface area contributed by atoms with E-state index in [1.807, 2.05) is 19.3 Å². The number of hydrogen-bond acceptors (Lipinski definition) is 3. The van der Waals surface area contributed by atoms with Gasteiger partial charge in [0.15, 0.2) is 0 Å². The van der Waals surface area contributed by atoms with Gasteiger partial charge in [0.1, 0.15) is 12.4 Å². The normalized spacial score (nSPS) is 12.0. The van der Waals surface area contributed by atoms with E-state index in [1.54, 1.807) is 21.3 Å². The van der Waals surface area contributed by atoms with Gasteiger partial charge in [0, 0.05) is 34.3 Å². The van der Waals surface area contributed by atoms with Crippen molar-refractivity contribution < 1.29 is 17.8 Å². The Kier molecular flexibility index (Phi) is 5.13. The fraction of sp³-hybridized carbons (Fsp3) is 0.700. The molecule has 92 valence electrons. The van der Waals surface area contributed by atoms with Crippen molar-refractivity contribution in [3.05, 3.63) is 18.2 Å². The molecule has 0 aliphatic heterocycles. The molecule has 0 bridgehead atoms. The Labute approximate surface area is 97.7 Å². The molecule has 1 heterocycles. The molecule has 1 aromatic rings. The lowest BCUT2D eigenvalue weighted by Crippen LogP contribution is -2.44. The molecule has 1 aromatic heterocycles. The molecule has 0 aromatic carbocycles. The zero-order chi connectivity index (χ0) is 12.0. The third kappa shape index (κ3) is 3.15. The van der Waals surface area contributed by atoms with Gasteiger partial charge in [-0.15, -0.1) is 0 Å². The quantitative estimate of drug-likeness (QED) is 0.573. The molecule has 1 rings (SSSR count). The van der Waals surface area contributed by atoms with Crippen LogP contribution >= 0.6 is 0 Å². The van der Waals surface area contributed by atoms with Crippen LogP contribution in [0.3, 0.4) is 0 Å². The van der Waals surface area contributed by atoms with Crippen LogP contribution in [0.15, 0.2) is 12.4 Å². The van der Waals surface area contributed by atoms with Gasteiger partial charge in [-0.25, -0.2) is 9.55 Å². The van der Waals surface area contributed by atoms with Crippen LogP contribution < -0.4 is 4.57 Å². The summed E-state index contributed by atoms with van der Waals surface area (Å²) in [6.45, 7) is 2.99. The molecular formula is C10H21N2O3Si+. The molecule has 0 fully saturated rings. The number of aromatic amines is 1. The van der Waals surface area contributed by atoms with E-state index in [0.29, 0.717) is 0 Å². The zero-order valence-corrected chi connectivity index (χ0v) is 11.4. The van der Waals surface area contributed by atoms with Crippen LogP contribution in [0.2, 0.25) is 6.04 Å². The van der Waals surface area contributed by atoms with Crippen molar-refractivity contribution in [2.45, 2.75) is 25.9 Å². The molecule has 0 amide bonds. The number of aromatic nitrogens is 2. The van der Waals surface area contributed by atoms with E-state index in [2.05, 4.69) is 9.55 Å². The van der Waals surface area contributed by atoms with Crippen molar-refractivity contribution >= 4 is 8.80 Å². The first-order valence-electron chi connectivity index (χ1n) is 5.36. The highest BCUT2D eigenvalue weighted by atomic mass is 28.4. The predicted molar refractivity (Wildman–Crippen MR) is 61.9 cm³/mol. The Morgan fingerprint density at radius 3 is 2.31 bits per heavy atom. The van der Waals surface area contributed by atoms with Crippen LogP contribution in [0.25, 0.3) is 0 Å². The van der Waals surface area contributed by atoms with Crippen molar-refractivity contribution in [3.8, 4) is 0 Å². The van der Waals surface area contributed by atoms with Crippen LogP contribution in [0.1, 0.15) is 12.2 Å². The van der Waals surface area contributed by atoms with Crippen LogP contribution in [-0.4, -0.2) is 35.1 Å². The van der Waals surface area contributed by atoms with Crippen LogP contribution in [0.5, 0.6) is 0 Å². The van der Waals surface area contributed by atoms with Gasteiger partial charge in [-0.1, -0.05) is 0 Å². The number of imidazole rings is 1. The average Bonchev–Trinajstić information content (AvgIpc) is 2.71. The Balaban J connectivity index is 2.42. The van der Waals surface area contributed by atoms with Gasteiger partial charge in [0.25, 0.3) is 5.82 Å². The topological polar surface area (TPSA) is 47.4 Å². The Bertz CT molecular complexity index is 305. The van der Waals surface area contributed by atoms with Gasteiger partial charge in [0.05, 0.1) is 6.54 Å². The lowest BCUT2D eigenvalue weighted by atomic mass is 10.4. The number of rotatable bonds is 7. The lowest BCUT2D eigenvalue weighted by Gasteiger charge is -2.23. The highest BCUT2D eigenvalue weighted by Gasteiger charge is 2.37. The summed E-state index contributed by atoms with van der Waals surface area (Å²) in [5.41, 5.74) is 0. The van der Waals surface area contributed by atoms with E-state index < -0.39 is 8.80 Å². The molecular weight excluding hydrogens is 224 g/mol. The average molecular weight is 245 g/mol. The van der Waals surface area contributed by atoms with Crippen molar-refractivity contribution in [2.24, 2.45) is 0 Å². The SMILES string of the molecule is CO[Si](CCC[n+]1cc[nH]c1C)(OC)OC. The predicted octanol–water partition coefficient (Wildman–Crippen LogP) is 0.879. The molecule has 0 saturated carbocycles. The van der Waals surface area contributed by atoms with Crippen molar-refractivity contribution in [2.75, 3.05) is 21.3 Å². The summed E-state index contributed by atoms with van der Waals surface area (Å²) in [6.07, 6.45) is 4.94. The first kappa shape index (κ1) is 13.4. The maximum absolute atomic E-state index is 5.36. The second-order valence-electron chi connectivity index (χ2n) is 3.64. The summed E-state index contributed by atoms with van der Waals surface area (Å²) in [7, 11) is 2.55. The van der Waals surface area contributed by atoms with E-state index in [9.17, 15) is 0 Å². The molecule has 5 nitrogen and oxygen atoms in total. The van der Waals surface area contributed by atoms with Gasteiger partial charge < -0.3 is 13.3 Å². The lowest BCUT2D eigenvalue weighted by molar-refractivity contribution is -0.701. The molecule has 0 saturated heterocycles. The fourth-order valence-electron chi connectivity index (χ4n) is 1.71. The van der Waals surface area contributed by atoms with Crippen molar-refractivity contribution in [1.29, 1.82) is 0 Å². The summed E-state index contributed by atoms with van der Waals surface area (Å²) in [5, 5.41) is 0. The number of aryl methyl sites for hydroxylation is 2. The van der Waals surface area contributed by atoms with Gasteiger partial charge in [0.2, 0.25) is 0 Å². The Morgan fingerprint density at radius 1 is 1.25 bits per heavy atom. The van der Waals surface area contributed by atoms with Crippen LogP contribution in [0.4, 0.5) is 0 Å². The minimum atomic E-state index is -2.39. The zero-order valence-electron chi connectivity index (χ0n) is 10.4. The highest BCUT2D eigenvalue weighted by molar-refractivity contribution is 6.60. The maximum Gasteiger partial charge on any atom is 0.500 e. The standard InChI is InChI=1S/C10H20N2O3Si/c1-10-11-6-8-12(10)7-5-9-16(13-2,14-3)15-4/h6,8H,5,7,9H2,1-4H3/p+1. The summed E-state index contributed by atoms with van der Waals surface area (Å²) in [4.78, 5) is 3.14. The summed E-state index contributed by atoms with van der Waals surface area (Å²) < 4.78 is 18.3. The molecule has 0 aliphatic carbocycles. The van der Waals surface area contributed by atoms with E-state index in [-0.39, 0.29) is 0 Å². The first-order chi connectivity index (χ1) is 7.67. The monoisotopic (exact) mass is 245 g/mol. The number of nitrogens with zero attached hydrogens (tertiary/aromatic N) is 1. The third-order valence-electron chi connectivity index (χ3n) is 2.79. The van der Waals surface area contributed by atoms with Crippen LogP contribution in [0, 0.1) is 6.92 Å². The summed E-state index contributed by atoms with van der Waals surface area (Å²) in [6, 6.07) is 0.828. The largest absolute Gasteiger partial charge is 0.500 e. The van der Waals surface area contributed by atoms with Gasteiger partial charge in [-0.2, -0.15) is 0 Å². The van der Waals surface area contributed by atoms with E-state index in [4.69, 9.17) is 13.3 Å². The van der Waals surface area contributed by atoms with Gasteiger partial charge >= 0.3 is 8.80 Å². The van der Waals surface area contributed by atoms with Gasteiger partial charge in [-0.3, -0.25) is 0 Å². The van der Waals surface area contributed by atoms with E-state index in [0.717, 1.165) is 24.8 Å². The number of nitrogens with one attached hydrogen (secondary N) is 1. The molecule has 0 unspecified atom stereocenters. The van der Waals surface area contributed by atoms with E-state index >= 15 is 0 Å². The van der Waals surface area contributed by atoms with Gasteiger partial charge in [-0.05, 0) is 6.42 Å². The highest BCUT2D eigenvalue weighted by Crippen LogP contribution is 2.14. The minimum Gasteiger partial charge on any atom is -0.377 e. The second kappa shape index (κ2) is 6.14. The molecule has 0 atom stereocenters. The summed E-state index contributed by atoms with van der Waals surface area (Å²) in [5.74, 6) is 1.15. The molecule has 0 spiro atoms. The smallest absolute Gasteiger partial charge is 0.377 e. The fourth-order valence-corrected chi connectivity index (χ4v) is 3.41. The van der Waals surface area contributed by atoms with Crippen molar-refractivity contribution in [3.63, 3.8) is 0 Å². The minimum absolute atomic E-state index is 0.828. The molecule has 1 N–H and O–H groups in total. The third-order valence-corrected chi connectivity index (χ3v) is 5.62. The molecule has 0 radical (unpaired) electrons. The summed E-state index contributed by atoms with van der Waals surface area (Å²) >= 11 is 0. The first-order valence-corrected chi connectivity index (χ1v) is 7.29. The van der Waals surface area contributed by atoms with Crippen LogP contribution in [-0.2, 0) is 19.8 Å². The van der Waals surface area contributed by atoms with E-state index in [1.165, 1.54) is 0 Å². The maximum atomic E-state index is 5.36. The Morgan fingerprint density at radius 2 is 1.88 bits per heavy atom. The molecule has 6 heteroatoms. The number of hydrogen-bond donors (Lipinski definition) is 1. The molecule has 16 heavy (non-hydrogen) atoms. The second-order valence-corrected chi connectivity index (χ2v) is 6.73. The Hall–Kier alpha value is -0.693.